The molecule has 0 fully saturated rings. The topological polar surface area (TPSA) is 0 Å². The standard InChI is InChI=1S/C96H110/c1-7-19-76(20-8-1)79-44-31-71(32-45-79)41-66-95(88-27-15-5-16-28-88)91-62-56-85(57-63-91)86-58-64-92(65-59-86)96(89-29-17-6-18-30-89)68-43-73-35-48-82(49-36-73)81-46-33-72(34-47-81)42-67-94(87-25-13-4-14-26-87)90-60-54-84(55-61-90)83-52-39-75(40-53-83)70-93(78-23-11-3-12-24-78)69-74-37-50-80(51-38-74)77-21-9-2-10-22-77/h1-3,6-7,9,11-13,15,17-19,21,23,25-29,31,33,35,37,39,44,46,48,50,52-54,56,58-64,75,78,84-85,89,92-96H,4-5,8,10,14,16,20,22,24,30,32,34,36,38,40-43,45,47,49,51,55,57,65-70H2. The van der Waals surface area contributed by atoms with Crippen LogP contribution >= 0.6 is 0 Å². The lowest BCUT2D eigenvalue weighted by atomic mass is 9.71. The molecule has 0 aromatic rings. The molecular weight excluding hydrogens is 1150 g/mol. The first-order valence-electron chi connectivity index (χ1n) is 38.7. The van der Waals surface area contributed by atoms with Crippen LogP contribution in [-0.2, 0) is 0 Å². The second-order valence-corrected chi connectivity index (χ2v) is 30.6. The third kappa shape index (κ3) is 17.3. The van der Waals surface area contributed by atoms with E-state index in [0.717, 1.165) is 19.3 Å². The van der Waals surface area contributed by atoms with E-state index in [0.29, 0.717) is 59.2 Å². The third-order valence-electron chi connectivity index (χ3n) is 24.5. The lowest BCUT2D eigenvalue weighted by Crippen LogP contribution is -2.23. The average molecular weight is 1260 g/mol. The van der Waals surface area contributed by atoms with Crippen LogP contribution in [-0.4, -0.2) is 0 Å². The van der Waals surface area contributed by atoms with Crippen molar-refractivity contribution in [3.8, 4) is 0 Å². The van der Waals surface area contributed by atoms with Crippen molar-refractivity contribution in [3.63, 3.8) is 0 Å². The summed E-state index contributed by atoms with van der Waals surface area (Å²) in [5.74, 6) is 5.68. The van der Waals surface area contributed by atoms with Gasteiger partial charge in [0.15, 0.2) is 0 Å². The summed E-state index contributed by atoms with van der Waals surface area (Å²) in [6.07, 6.45) is 134. The van der Waals surface area contributed by atoms with E-state index in [1.807, 2.05) is 0 Å². The molecule has 0 aromatic heterocycles. The van der Waals surface area contributed by atoms with Crippen LogP contribution in [0.3, 0.4) is 0 Å². The predicted molar refractivity (Wildman–Crippen MR) is 412 cm³/mol. The van der Waals surface area contributed by atoms with E-state index in [1.54, 1.807) is 61.3 Å². The van der Waals surface area contributed by atoms with Gasteiger partial charge in [-0.1, -0.05) is 265 Å². The monoisotopic (exact) mass is 1260 g/mol. The summed E-state index contributed by atoms with van der Waals surface area (Å²) < 4.78 is 0. The zero-order valence-corrected chi connectivity index (χ0v) is 58.1. The maximum atomic E-state index is 2.63. The number of hydrogen-bond donors (Lipinski definition) is 0. The zero-order chi connectivity index (χ0) is 64.5. The van der Waals surface area contributed by atoms with Crippen LogP contribution in [0.25, 0.3) is 0 Å². The second kappa shape index (κ2) is 33.3. The average Bonchev–Trinajstić information content (AvgIpc) is 1.30. The van der Waals surface area contributed by atoms with E-state index in [9.17, 15) is 0 Å². The van der Waals surface area contributed by atoms with E-state index in [1.165, 1.54) is 201 Å². The molecule has 10 atom stereocenters. The molecule has 96 heavy (non-hydrogen) atoms. The van der Waals surface area contributed by atoms with E-state index in [4.69, 9.17) is 0 Å². The van der Waals surface area contributed by atoms with E-state index in [-0.39, 0.29) is 0 Å². The molecule has 0 aromatic carbocycles. The van der Waals surface area contributed by atoms with Gasteiger partial charge in [-0.05, 0) is 295 Å². The minimum atomic E-state index is 0.465. The zero-order valence-electron chi connectivity index (χ0n) is 58.1. The minimum Gasteiger partial charge on any atom is -0.0842 e. The van der Waals surface area contributed by atoms with Gasteiger partial charge < -0.3 is 0 Å². The first-order chi connectivity index (χ1) is 47.5. The van der Waals surface area contributed by atoms with Gasteiger partial charge in [0.1, 0.15) is 0 Å². The highest BCUT2D eigenvalue weighted by molar-refractivity contribution is 5.48. The Kier molecular flexibility index (Phi) is 22.9. The molecule has 0 nitrogen and oxygen atoms in total. The Morgan fingerprint density at radius 3 is 1.20 bits per heavy atom. The molecule has 0 spiro atoms. The Labute approximate surface area is 580 Å². The van der Waals surface area contributed by atoms with Gasteiger partial charge in [-0.3, -0.25) is 0 Å². The van der Waals surface area contributed by atoms with Crippen LogP contribution in [0.4, 0.5) is 0 Å². The van der Waals surface area contributed by atoms with Crippen molar-refractivity contribution in [2.24, 2.45) is 59.2 Å². The predicted octanol–water partition coefficient (Wildman–Crippen LogP) is 26.5. The highest BCUT2D eigenvalue weighted by Gasteiger charge is 2.32. The lowest BCUT2D eigenvalue weighted by molar-refractivity contribution is 0.283. The van der Waals surface area contributed by atoms with Gasteiger partial charge >= 0.3 is 0 Å². The molecular formula is C96H110. The molecule has 14 aliphatic carbocycles. The first-order valence-corrected chi connectivity index (χ1v) is 38.7. The summed E-state index contributed by atoms with van der Waals surface area (Å²) in [6, 6.07) is 0. The van der Waals surface area contributed by atoms with E-state index in [2.05, 4.69) is 243 Å². The fourth-order valence-electron chi connectivity index (χ4n) is 18.6. The number of rotatable bonds is 25. The molecule has 10 unspecified atom stereocenters. The first kappa shape index (κ1) is 66.0. The Bertz CT molecular complexity index is 3800. The summed E-state index contributed by atoms with van der Waals surface area (Å²) in [5, 5.41) is 0. The van der Waals surface area contributed by atoms with Gasteiger partial charge in [-0.25, -0.2) is 0 Å². The molecule has 0 saturated carbocycles. The van der Waals surface area contributed by atoms with Gasteiger partial charge in [0.05, 0.1) is 0 Å². The molecule has 0 saturated heterocycles. The van der Waals surface area contributed by atoms with Gasteiger partial charge in [-0.15, -0.1) is 0 Å². The van der Waals surface area contributed by atoms with Crippen molar-refractivity contribution in [2.45, 2.75) is 193 Å². The summed E-state index contributed by atoms with van der Waals surface area (Å²) >= 11 is 0. The van der Waals surface area contributed by atoms with Gasteiger partial charge in [0.2, 0.25) is 0 Å². The van der Waals surface area contributed by atoms with Gasteiger partial charge in [0, 0.05) is 23.7 Å². The van der Waals surface area contributed by atoms with E-state index < -0.39 is 0 Å². The van der Waals surface area contributed by atoms with Crippen LogP contribution in [0.5, 0.6) is 0 Å². The van der Waals surface area contributed by atoms with E-state index >= 15 is 0 Å². The molecule has 0 N–H and O–H groups in total. The van der Waals surface area contributed by atoms with Crippen LogP contribution in [0.2, 0.25) is 0 Å². The SMILES string of the molecule is C1=CCCC(C2=CC=C(CCC(C3=CCCC=C3)C3=CCC(C4=CCC(C(CCC5=CC=C(C6=CC=C(CCC(C7=CCCC=C7)C7=CCC(C8=CCC(CC(CC9=CC=C(C%10=CC=CCC%10)CC9)C9C=CC=CC9)C=C8)C=C7)CC6)CC5)C5C=CC=CC5)C=C4)C=C3)CC2)=C1. The van der Waals surface area contributed by atoms with Crippen molar-refractivity contribution < 1.29 is 0 Å². The normalized spacial score (nSPS) is 28.2. The van der Waals surface area contributed by atoms with Crippen molar-refractivity contribution >= 4 is 0 Å². The Hall–Kier alpha value is -7.28. The molecule has 14 rings (SSSR count). The number of allylic oxidation sites excluding steroid dienone is 56. The molecule has 0 radical (unpaired) electrons. The molecule has 0 aliphatic heterocycles. The molecule has 0 amide bonds. The molecule has 0 heterocycles. The van der Waals surface area contributed by atoms with Crippen LogP contribution in [0.1, 0.15) is 193 Å². The quantitative estimate of drug-likeness (QED) is 0.0855. The fourth-order valence-corrected chi connectivity index (χ4v) is 18.6. The van der Waals surface area contributed by atoms with Crippen LogP contribution in [0, 0.1) is 59.2 Å². The second-order valence-electron chi connectivity index (χ2n) is 30.6. The lowest BCUT2D eigenvalue weighted by Gasteiger charge is -2.33. The van der Waals surface area contributed by atoms with Crippen molar-refractivity contribution in [3.05, 3.63) is 332 Å². The molecule has 494 valence electrons. The largest absolute Gasteiger partial charge is 0.0842 e. The summed E-state index contributed by atoms with van der Waals surface area (Å²) in [4.78, 5) is 0. The minimum absolute atomic E-state index is 0.465. The Morgan fingerprint density at radius 2 is 0.781 bits per heavy atom. The molecule has 0 heteroatoms. The molecule has 0 bridgehead atoms. The molecule has 14 aliphatic rings. The number of hydrogen-bond acceptors (Lipinski definition) is 0. The smallest absolute Gasteiger partial charge is 0.00858 e. The maximum absolute atomic E-state index is 2.63. The Morgan fingerprint density at radius 1 is 0.302 bits per heavy atom. The Balaban J connectivity index is 0.551. The third-order valence-corrected chi connectivity index (χ3v) is 24.5. The summed E-state index contributed by atoms with van der Waals surface area (Å²) in [7, 11) is 0. The maximum Gasteiger partial charge on any atom is 0.00858 e. The summed E-state index contributed by atoms with van der Waals surface area (Å²) in [5.41, 5.74) is 25.2. The van der Waals surface area contributed by atoms with Gasteiger partial charge in [0.25, 0.3) is 0 Å². The fraction of sp³-hybridized carbons (Fsp3) is 0.417. The highest BCUT2D eigenvalue weighted by Crippen LogP contribution is 2.45. The summed E-state index contributed by atoms with van der Waals surface area (Å²) in [6.45, 7) is 0. The van der Waals surface area contributed by atoms with Gasteiger partial charge in [-0.2, -0.15) is 0 Å². The van der Waals surface area contributed by atoms with Crippen molar-refractivity contribution in [1.82, 2.24) is 0 Å². The highest BCUT2D eigenvalue weighted by atomic mass is 14.4. The van der Waals surface area contributed by atoms with Crippen molar-refractivity contribution in [2.75, 3.05) is 0 Å². The van der Waals surface area contributed by atoms with Crippen LogP contribution in [0.15, 0.2) is 332 Å². The van der Waals surface area contributed by atoms with Crippen LogP contribution < -0.4 is 0 Å². The van der Waals surface area contributed by atoms with Crippen molar-refractivity contribution in [1.29, 1.82) is 0 Å².